The number of fused-ring (bicyclic) bond motifs is 1. The number of para-hydroxylation sites is 1. The van der Waals surface area contributed by atoms with Crippen LogP contribution in [0.15, 0.2) is 78.9 Å². The van der Waals surface area contributed by atoms with Crippen molar-refractivity contribution >= 4 is 28.2 Å². The highest BCUT2D eigenvalue weighted by Crippen LogP contribution is 2.33. The third kappa shape index (κ3) is 3.55. The molecule has 1 heterocycles. The molecule has 0 saturated carbocycles. The van der Waals surface area contributed by atoms with E-state index in [-0.39, 0.29) is 11.6 Å². The smallest absolute Gasteiger partial charge is 0.271 e. The summed E-state index contributed by atoms with van der Waals surface area (Å²) in [4.78, 5) is 28.4. The number of carbonyl (C=O) groups is 1. The van der Waals surface area contributed by atoms with E-state index >= 15 is 0 Å². The Morgan fingerprint density at radius 3 is 2.45 bits per heavy atom. The van der Waals surface area contributed by atoms with Crippen LogP contribution in [-0.2, 0) is 0 Å². The summed E-state index contributed by atoms with van der Waals surface area (Å²) in [6, 6.07) is 23.2. The van der Waals surface area contributed by atoms with E-state index in [1.54, 1.807) is 13.0 Å². The molecule has 0 saturated heterocycles. The van der Waals surface area contributed by atoms with Gasteiger partial charge in [0.1, 0.15) is 0 Å². The van der Waals surface area contributed by atoms with Gasteiger partial charge in [-0.1, -0.05) is 54.6 Å². The van der Waals surface area contributed by atoms with Crippen molar-refractivity contribution in [3.8, 4) is 11.1 Å². The first-order valence-corrected chi connectivity index (χ1v) is 9.05. The number of amides is 1. The number of nitro groups is 1. The molecule has 0 radical (unpaired) electrons. The van der Waals surface area contributed by atoms with E-state index in [1.807, 2.05) is 54.6 Å². The Labute approximate surface area is 167 Å². The molecule has 3 aromatic carbocycles. The average Bonchev–Trinajstić information content (AvgIpc) is 2.73. The second kappa shape index (κ2) is 7.52. The number of nitro benzene ring substituents is 1. The number of aromatic nitrogens is 1. The van der Waals surface area contributed by atoms with E-state index in [9.17, 15) is 14.9 Å². The highest BCUT2D eigenvalue weighted by atomic mass is 16.6. The fourth-order valence-corrected chi connectivity index (χ4v) is 3.41. The van der Waals surface area contributed by atoms with E-state index in [1.165, 1.54) is 18.2 Å². The minimum atomic E-state index is -0.492. The van der Waals surface area contributed by atoms with Gasteiger partial charge in [0, 0.05) is 28.8 Å². The van der Waals surface area contributed by atoms with Gasteiger partial charge in [0.15, 0.2) is 0 Å². The maximum absolute atomic E-state index is 13.2. The number of nitrogens with zero attached hydrogens (tertiary/aromatic N) is 2. The van der Waals surface area contributed by atoms with Crippen molar-refractivity contribution in [2.24, 2.45) is 0 Å². The van der Waals surface area contributed by atoms with Crippen molar-refractivity contribution in [3.63, 3.8) is 0 Å². The Morgan fingerprint density at radius 2 is 1.69 bits per heavy atom. The summed E-state index contributed by atoms with van der Waals surface area (Å²) in [5, 5.41) is 14.7. The van der Waals surface area contributed by atoms with Crippen LogP contribution in [0, 0.1) is 17.0 Å². The molecule has 29 heavy (non-hydrogen) atoms. The molecule has 4 rings (SSSR count). The number of non-ortho nitro benzene ring substituents is 1. The molecule has 1 N–H and O–H groups in total. The van der Waals surface area contributed by atoms with E-state index in [2.05, 4.69) is 10.3 Å². The van der Waals surface area contributed by atoms with Crippen LogP contribution in [0.2, 0.25) is 0 Å². The molecular formula is C23H17N3O3. The van der Waals surface area contributed by atoms with Gasteiger partial charge in [-0.2, -0.15) is 0 Å². The minimum absolute atomic E-state index is 0.0839. The Kier molecular flexibility index (Phi) is 4.75. The Bertz CT molecular complexity index is 1240. The van der Waals surface area contributed by atoms with Gasteiger partial charge in [-0.25, -0.2) is 0 Å². The number of hydrogen-bond donors (Lipinski definition) is 1. The average molecular weight is 383 g/mol. The van der Waals surface area contributed by atoms with Gasteiger partial charge in [0.25, 0.3) is 11.6 Å². The van der Waals surface area contributed by atoms with Crippen LogP contribution in [0.25, 0.3) is 22.0 Å². The molecule has 142 valence electrons. The normalized spacial score (nSPS) is 10.7. The van der Waals surface area contributed by atoms with Gasteiger partial charge in [0.05, 0.1) is 21.7 Å². The molecule has 0 unspecified atom stereocenters. The van der Waals surface area contributed by atoms with Crippen molar-refractivity contribution in [2.75, 3.05) is 5.32 Å². The van der Waals surface area contributed by atoms with Gasteiger partial charge < -0.3 is 5.32 Å². The lowest BCUT2D eigenvalue weighted by Crippen LogP contribution is -2.16. The molecule has 1 amide bonds. The van der Waals surface area contributed by atoms with Crippen LogP contribution in [0.3, 0.4) is 0 Å². The largest absolute Gasteiger partial charge is 0.322 e. The molecule has 0 aliphatic rings. The Balaban J connectivity index is 1.87. The third-order valence-corrected chi connectivity index (χ3v) is 4.68. The minimum Gasteiger partial charge on any atom is -0.322 e. The second-order valence-electron chi connectivity index (χ2n) is 6.59. The summed E-state index contributed by atoms with van der Waals surface area (Å²) in [5.41, 5.74) is 3.80. The first-order chi connectivity index (χ1) is 14.0. The standard InChI is InChI=1S/C23H17N3O3/c1-15-21(23(27)25-17-10-7-11-18(14-17)26(28)29)22(16-8-3-2-4-9-16)19-12-5-6-13-20(19)24-15/h2-14H,1H3,(H,25,27). The summed E-state index contributed by atoms with van der Waals surface area (Å²) in [5.74, 6) is -0.361. The summed E-state index contributed by atoms with van der Waals surface area (Å²) in [7, 11) is 0. The maximum Gasteiger partial charge on any atom is 0.271 e. The monoisotopic (exact) mass is 383 g/mol. The van der Waals surface area contributed by atoms with E-state index in [0.29, 0.717) is 16.9 Å². The van der Waals surface area contributed by atoms with Crippen molar-refractivity contribution in [3.05, 3.63) is 100 Å². The lowest BCUT2D eigenvalue weighted by Gasteiger charge is -2.16. The molecule has 0 aliphatic carbocycles. The number of carbonyl (C=O) groups excluding carboxylic acids is 1. The van der Waals surface area contributed by atoms with Crippen LogP contribution >= 0.6 is 0 Å². The quantitative estimate of drug-likeness (QED) is 0.379. The van der Waals surface area contributed by atoms with Crippen LogP contribution < -0.4 is 5.32 Å². The van der Waals surface area contributed by atoms with Crippen LogP contribution in [0.4, 0.5) is 11.4 Å². The zero-order valence-corrected chi connectivity index (χ0v) is 15.6. The van der Waals surface area contributed by atoms with E-state index in [0.717, 1.165) is 22.0 Å². The lowest BCUT2D eigenvalue weighted by atomic mass is 9.94. The molecule has 0 spiro atoms. The Morgan fingerprint density at radius 1 is 0.966 bits per heavy atom. The van der Waals surface area contributed by atoms with Crippen molar-refractivity contribution < 1.29 is 9.72 Å². The van der Waals surface area contributed by atoms with Crippen LogP contribution in [0.5, 0.6) is 0 Å². The highest BCUT2D eigenvalue weighted by molar-refractivity contribution is 6.14. The molecule has 4 aromatic rings. The molecule has 6 heteroatoms. The summed E-state index contributed by atoms with van der Waals surface area (Å²) in [6.07, 6.45) is 0. The number of aryl methyl sites for hydroxylation is 1. The SMILES string of the molecule is Cc1nc2ccccc2c(-c2ccccc2)c1C(=O)Nc1cccc([N+](=O)[O-])c1. The molecule has 0 bridgehead atoms. The fraction of sp³-hybridized carbons (Fsp3) is 0.0435. The molecule has 6 nitrogen and oxygen atoms in total. The molecule has 0 aliphatic heterocycles. The van der Waals surface area contributed by atoms with E-state index < -0.39 is 4.92 Å². The third-order valence-electron chi connectivity index (χ3n) is 4.68. The summed E-state index contributed by atoms with van der Waals surface area (Å²) >= 11 is 0. The zero-order valence-electron chi connectivity index (χ0n) is 15.6. The van der Waals surface area contributed by atoms with E-state index in [4.69, 9.17) is 0 Å². The number of pyridine rings is 1. The number of nitrogens with one attached hydrogen (secondary N) is 1. The van der Waals surface area contributed by atoms with Crippen molar-refractivity contribution in [1.82, 2.24) is 4.98 Å². The van der Waals surface area contributed by atoms with Gasteiger partial charge in [-0.05, 0) is 24.6 Å². The van der Waals surface area contributed by atoms with Gasteiger partial charge in [-0.3, -0.25) is 19.9 Å². The number of anilines is 1. The summed E-state index contributed by atoms with van der Waals surface area (Å²) in [6.45, 7) is 1.79. The van der Waals surface area contributed by atoms with Gasteiger partial charge in [0.2, 0.25) is 0 Å². The van der Waals surface area contributed by atoms with Crippen molar-refractivity contribution in [1.29, 1.82) is 0 Å². The first-order valence-electron chi connectivity index (χ1n) is 9.05. The van der Waals surface area contributed by atoms with Crippen molar-refractivity contribution in [2.45, 2.75) is 6.92 Å². The lowest BCUT2D eigenvalue weighted by molar-refractivity contribution is -0.384. The Hall–Kier alpha value is -4.06. The fourth-order valence-electron chi connectivity index (χ4n) is 3.41. The number of rotatable bonds is 4. The molecule has 0 atom stereocenters. The predicted molar refractivity (Wildman–Crippen MR) is 113 cm³/mol. The highest BCUT2D eigenvalue weighted by Gasteiger charge is 2.21. The summed E-state index contributed by atoms with van der Waals surface area (Å²) < 4.78 is 0. The topological polar surface area (TPSA) is 85.1 Å². The van der Waals surface area contributed by atoms with Gasteiger partial charge in [-0.15, -0.1) is 0 Å². The molecule has 1 aromatic heterocycles. The van der Waals surface area contributed by atoms with Crippen LogP contribution in [-0.4, -0.2) is 15.8 Å². The first kappa shape index (κ1) is 18.3. The molecular weight excluding hydrogens is 366 g/mol. The predicted octanol–water partition coefficient (Wildman–Crippen LogP) is 5.37. The zero-order chi connectivity index (χ0) is 20.4. The van der Waals surface area contributed by atoms with Gasteiger partial charge >= 0.3 is 0 Å². The number of benzene rings is 3. The molecule has 0 fully saturated rings. The van der Waals surface area contributed by atoms with Crippen LogP contribution in [0.1, 0.15) is 16.1 Å². The second-order valence-corrected chi connectivity index (χ2v) is 6.59. The maximum atomic E-state index is 13.2. The number of hydrogen-bond acceptors (Lipinski definition) is 4.